The van der Waals surface area contributed by atoms with E-state index in [1.807, 2.05) is 41.7 Å². The highest BCUT2D eigenvalue weighted by molar-refractivity contribution is 7.91. The Morgan fingerprint density at radius 3 is 2.49 bits per heavy atom. The van der Waals surface area contributed by atoms with Gasteiger partial charge in [-0.05, 0) is 59.7 Å². The topological polar surface area (TPSA) is 110 Å². The van der Waals surface area contributed by atoms with Crippen LogP contribution in [0.25, 0.3) is 27.9 Å². The van der Waals surface area contributed by atoms with Gasteiger partial charge in [0, 0.05) is 43.0 Å². The van der Waals surface area contributed by atoms with E-state index in [0.717, 1.165) is 24.1 Å². The van der Waals surface area contributed by atoms with Gasteiger partial charge in [0.2, 0.25) is 9.84 Å². The Morgan fingerprint density at radius 1 is 0.978 bits per heavy atom. The molecule has 1 N–H and O–H groups in total. The molecule has 45 heavy (non-hydrogen) atoms. The zero-order valence-electron chi connectivity index (χ0n) is 24.7. The summed E-state index contributed by atoms with van der Waals surface area (Å²) in [5, 5.41) is 0. The van der Waals surface area contributed by atoms with Gasteiger partial charge in [0.05, 0.1) is 11.1 Å². The van der Waals surface area contributed by atoms with Crippen LogP contribution < -0.4 is 0 Å². The van der Waals surface area contributed by atoms with Gasteiger partial charge in [-0.25, -0.2) is 23.2 Å². The van der Waals surface area contributed by atoms with E-state index < -0.39 is 9.84 Å². The molecule has 4 heterocycles. The van der Waals surface area contributed by atoms with E-state index in [0.29, 0.717) is 29.9 Å². The van der Waals surface area contributed by atoms with Gasteiger partial charge >= 0.3 is 6.09 Å². The summed E-state index contributed by atoms with van der Waals surface area (Å²) in [7, 11) is -3.85. The Hall–Kier alpha value is -4.96. The molecule has 226 valence electrons. The zero-order chi connectivity index (χ0) is 30.7. The van der Waals surface area contributed by atoms with Gasteiger partial charge in [-0.1, -0.05) is 60.7 Å². The lowest BCUT2D eigenvalue weighted by molar-refractivity contribution is 0.0889. The summed E-state index contributed by atoms with van der Waals surface area (Å²) in [5.74, 6) is -0.0758. The number of hydrogen-bond acceptors (Lipinski definition) is 6. The van der Waals surface area contributed by atoms with E-state index >= 15 is 0 Å². The Labute approximate surface area is 260 Å². The molecule has 1 fully saturated rings. The van der Waals surface area contributed by atoms with E-state index in [4.69, 9.17) is 4.74 Å². The summed E-state index contributed by atoms with van der Waals surface area (Å²) in [6, 6.07) is 23.5. The van der Waals surface area contributed by atoms with Gasteiger partial charge in [-0.2, -0.15) is 0 Å². The molecular weight excluding hydrogens is 586 g/mol. The Morgan fingerprint density at radius 2 is 1.73 bits per heavy atom. The molecule has 1 saturated heterocycles. The number of sulfone groups is 1. The average Bonchev–Trinajstić information content (AvgIpc) is 3.78. The summed E-state index contributed by atoms with van der Waals surface area (Å²) < 4.78 is 35.5. The smallest absolute Gasteiger partial charge is 0.409 e. The molecule has 6 aromatic rings. The lowest BCUT2D eigenvalue weighted by atomic mass is 9.95. The lowest BCUT2D eigenvalue weighted by Gasteiger charge is -2.32. The molecule has 8 rings (SSSR count). The maximum atomic E-state index is 13.8. The number of aromatic amines is 1. The predicted octanol–water partition coefficient (Wildman–Crippen LogP) is 6.48. The van der Waals surface area contributed by atoms with Crippen molar-refractivity contribution < 1.29 is 17.9 Å². The molecule has 10 heteroatoms. The zero-order valence-corrected chi connectivity index (χ0v) is 25.5. The van der Waals surface area contributed by atoms with Gasteiger partial charge in [-0.15, -0.1) is 0 Å². The molecule has 0 bridgehead atoms. The fourth-order valence-corrected chi connectivity index (χ4v) is 8.52. The van der Waals surface area contributed by atoms with Gasteiger partial charge < -0.3 is 14.6 Å². The first kappa shape index (κ1) is 27.6. The van der Waals surface area contributed by atoms with Crippen LogP contribution in [0, 0.1) is 6.92 Å². The fraction of sp³-hybridized carbons (Fsp3) is 0.229. The molecule has 0 spiro atoms. The predicted molar refractivity (Wildman–Crippen MR) is 170 cm³/mol. The Balaban J connectivity index is 1.08. The third-order valence-corrected chi connectivity index (χ3v) is 10.9. The van der Waals surface area contributed by atoms with Crippen LogP contribution in [-0.2, 0) is 14.6 Å². The summed E-state index contributed by atoms with van der Waals surface area (Å²) in [4.78, 5) is 27.7. The average molecular weight is 618 g/mol. The quantitative estimate of drug-likeness (QED) is 0.237. The molecule has 0 saturated carbocycles. The number of amides is 1. The fourth-order valence-electron chi connectivity index (χ4n) is 7.01. The summed E-state index contributed by atoms with van der Waals surface area (Å²) in [5.41, 5.74) is 7.90. The number of hydrogen-bond donors (Lipinski definition) is 1. The first-order valence-corrected chi connectivity index (χ1v) is 16.6. The number of imidazole rings is 1. The minimum Gasteiger partial charge on any atom is -0.448 e. The first-order chi connectivity index (χ1) is 21.9. The summed E-state index contributed by atoms with van der Waals surface area (Å²) in [6.07, 6.45) is 6.19. The molecule has 0 unspecified atom stereocenters. The van der Waals surface area contributed by atoms with Crippen molar-refractivity contribution in [1.29, 1.82) is 0 Å². The van der Waals surface area contributed by atoms with Crippen molar-refractivity contribution in [2.75, 3.05) is 19.7 Å². The number of ether oxygens (including phenoxy) is 1. The number of fused-ring (bicyclic) bond motifs is 6. The number of aromatic nitrogens is 4. The lowest BCUT2D eigenvalue weighted by Crippen LogP contribution is -2.40. The molecule has 3 aromatic heterocycles. The van der Waals surface area contributed by atoms with Gasteiger partial charge in [-0.3, -0.25) is 4.40 Å². The van der Waals surface area contributed by atoms with Crippen LogP contribution in [-0.4, -0.2) is 58.5 Å². The van der Waals surface area contributed by atoms with Crippen molar-refractivity contribution >= 4 is 32.7 Å². The van der Waals surface area contributed by atoms with Crippen molar-refractivity contribution in [3.63, 3.8) is 0 Å². The number of likely N-dealkylation sites (tertiary alicyclic amines) is 1. The largest absolute Gasteiger partial charge is 0.448 e. The molecule has 2 aliphatic rings. The third-order valence-electron chi connectivity index (χ3n) is 9.17. The molecule has 1 amide bonds. The van der Waals surface area contributed by atoms with Crippen LogP contribution >= 0.6 is 0 Å². The summed E-state index contributed by atoms with van der Waals surface area (Å²) >= 11 is 0. The van der Waals surface area contributed by atoms with Crippen molar-refractivity contribution in [3.8, 4) is 11.1 Å². The first-order valence-electron chi connectivity index (χ1n) is 15.2. The second kappa shape index (κ2) is 10.6. The van der Waals surface area contributed by atoms with Gasteiger partial charge in [0.1, 0.15) is 17.0 Å². The minimum atomic E-state index is -3.85. The number of aryl methyl sites for hydroxylation is 1. The SMILES string of the molecule is Cc1cccc(S(=O)(=O)c2c[nH]c3ncc4ncc([C@@H]5CCCN(C(=O)OCC6c7ccccc7-c7ccccc76)C5)n4c23)c1. The Kier molecular flexibility index (Phi) is 6.49. The number of benzene rings is 3. The van der Waals surface area contributed by atoms with Crippen LogP contribution in [0.15, 0.2) is 101 Å². The van der Waals surface area contributed by atoms with E-state index in [9.17, 15) is 13.2 Å². The molecule has 9 nitrogen and oxygen atoms in total. The van der Waals surface area contributed by atoms with E-state index in [1.165, 1.54) is 28.5 Å². The standard InChI is InChI=1S/C35H31N5O4S/c1-22-8-6-10-24(16-22)45(42,43)31-18-37-34-33(31)40-30(17-36-32(40)19-38-34)23-9-7-15-39(20-23)35(41)44-21-29-27-13-4-2-11-25(27)26-12-3-5-14-28(26)29/h2-6,8,10-14,16-19,23,29,37H,7,9,15,20-21H2,1H3/t23-/m1/s1. The molecule has 3 aromatic carbocycles. The van der Waals surface area contributed by atoms with Crippen LogP contribution in [0.4, 0.5) is 4.79 Å². The normalized spacial score (nSPS) is 16.6. The maximum absolute atomic E-state index is 13.8. The molecular formula is C35H31N5O4S. The second-order valence-electron chi connectivity index (χ2n) is 11.9. The van der Waals surface area contributed by atoms with E-state index in [1.54, 1.807) is 35.5 Å². The number of carbonyl (C=O) groups is 1. The van der Waals surface area contributed by atoms with Crippen molar-refractivity contribution in [2.24, 2.45) is 0 Å². The highest BCUT2D eigenvalue weighted by Gasteiger charge is 2.33. The van der Waals surface area contributed by atoms with Crippen LogP contribution in [0.1, 0.15) is 47.1 Å². The van der Waals surface area contributed by atoms with E-state index in [2.05, 4.69) is 39.2 Å². The van der Waals surface area contributed by atoms with Crippen molar-refractivity contribution in [2.45, 2.75) is 41.4 Å². The maximum Gasteiger partial charge on any atom is 0.409 e. The monoisotopic (exact) mass is 617 g/mol. The second-order valence-corrected chi connectivity index (χ2v) is 13.8. The number of nitrogens with one attached hydrogen (secondary N) is 1. The number of H-pyrrole nitrogens is 1. The number of rotatable bonds is 5. The molecule has 1 aliphatic carbocycles. The number of nitrogens with zero attached hydrogens (tertiary/aromatic N) is 4. The van der Waals surface area contributed by atoms with Gasteiger partial charge in [0.25, 0.3) is 0 Å². The van der Waals surface area contributed by atoms with Crippen LogP contribution in [0.2, 0.25) is 0 Å². The number of piperidine rings is 1. The van der Waals surface area contributed by atoms with Crippen LogP contribution in [0.5, 0.6) is 0 Å². The molecule has 1 atom stereocenters. The van der Waals surface area contributed by atoms with Crippen LogP contribution in [0.3, 0.4) is 0 Å². The minimum absolute atomic E-state index is 0.0103. The third kappa shape index (κ3) is 4.50. The van der Waals surface area contributed by atoms with Gasteiger partial charge in [0.15, 0.2) is 11.3 Å². The highest BCUT2D eigenvalue weighted by atomic mass is 32.2. The van der Waals surface area contributed by atoms with E-state index in [-0.39, 0.29) is 34.3 Å². The molecule has 0 radical (unpaired) electrons. The molecule has 1 aliphatic heterocycles. The highest BCUT2D eigenvalue weighted by Crippen LogP contribution is 2.44. The number of carbonyl (C=O) groups excluding carboxylic acids is 1. The Bertz CT molecular complexity index is 2170. The van der Waals surface area contributed by atoms with Crippen molar-refractivity contribution in [1.82, 2.24) is 24.3 Å². The van der Waals surface area contributed by atoms with Crippen molar-refractivity contribution in [3.05, 3.63) is 114 Å². The summed E-state index contributed by atoms with van der Waals surface area (Å²) in [6.45, 7) is 3.17.